The van der Waals surface area contributed by atoms with Crippen LogP contribution in [0.1, 0.15) is 29.2 Å². The van der Waals surface area contributed by atoms with Crippen LogP contribution in [-0.2, 0) is 22.6 Å². The number of fused-ring (bicyclic) bond motifs is 1. The molecule has 146 valence electrons. The minimum atomic E-state index is -1.13. The van der Waals surface area contributed by atoms with Gasteiger partial charge in [-0.1, -0.05) is 54.6 Å². The third-order valence-electron chi connectivity index (χ3n) is 4.73. The molecule has 0 radical (unpaired) electrons. The van der Waals surface area contributed by atoms with Gasteiger partial charge in [0, 0.05) is 26.1 Å². The molecule has 0 aliphatic carbocycles. The van der Waals surface area contributed by atoms with E-state index in [1.54, 1.807) is 35.2 Å². The van der Waals surface area contributed by atoms with Crippen LogP contribution in [0.4, 0.5) is 4.79 Å². The number of amides is 3. The second kappa shape index (κ2) is 9.03. The molecule has 0 saturated heterocycles. The summed E-state index contributed by atoms with van der Waals surface area (Å²) in [5, 5.41) is 14.6. The van der Waals surface area contributed by atoms with Crippen LogP contribution in [0, 0.1) is 0 Å². The van der Waals surface area contributed by atoms with E-state index in [1.165, 1.54) is 5.56 Å². The maximum absolute atomic E-state index is 12.3. The summed E-state index contributed by atoms with van der Waals surface area (Å²) in [6.07, 6.45) is 0.814. The van der Waals surface area contributed by atoms with Gasteiger partial charge in [-0.25, -0.2) is 9.59 Å². The predicted octanol–water partition coefficient (Wildman–Crippen LogP) is 2.09. The van der Waals surface area contributed by atoms with Crippen molar-refractivity contribution in [1.29, 1.82) is 0 Å². The van der Waals surface area contributed by atoms with Gasteiger partial charge in [0.25, 0.3) is 0 Å². The smallest absolute Gasteiger partial charge is 0.330 e. The highest BCUT2D eigenvalue weighted by Gasteiger charge is 2.23. The van der Waals surface area contributed by atoms with Gasteiger partial charge in [-0.2, -0.15) is 0 Å². The average Bonchev–Trinajstić information content (AvgIpc) is 2.72. The first-order valence-corrected chi connectivity index (χ1v) is 9.21. The summed E-state index contributed by atoms with van der Waals surface area (Å²) in [4.78, 5) is 37.6. The van der Waals surface area contributed by atoms with Gasteiger partial charge in [0.1, 0.15) is 0 Å². The summed E-state index contributed by atoms with van der Waals surface area (Å²) < 4.78 is 0. The third-order valence-corrected chi connectivity index (χ3v) is 4.73. The number of carboxylic acids is 1. The molecule has 0 fully saturated rings. The van der Waals surface area contributed by atoms with Crippen molar-refractivity contribution in [2.45, 2.75) is 25.4 Å². The molecule has 28 heavy (non-hydrogen) atoms. The van der Waals surface area contributed by atoms with Gasteiger partial charge in [0.15, 0.2) is 6.04 Å². The van der Waals surface area contributed by atoms with Crippen LogP contribution >= 0.6 is 0 Å². The van der Waals surface area contributed by atoms with E-state index in [0.29, 0.717) is 18.7 Å². The number of carbonyl (C=O) groups excluding carboxylic acids is 2. The highest BCUT2D eigenvalue weighted by molar-refractivity contribution is 5.85. The first-order chi connectivity index (χ1) is 13.5. The number of hydrogen-bond acceptors (Lipinski definition) is 3. The maximum atomic E-state index is 12.3. The summed E-state index contributed by atoms with van der Waals surface area (Å²) >= 11 is 0. The number of nitrogens with one attached hydrogen (secondary N) is 2. The second-order valence-corrected chi connectivity index (χ2v) is 6.67. The van der Waals surface area contributed by atoms with Gasteiger partial charge >= 0.3 is 12.0 Å². The number of rotatable bonds is 6. The molecule has 2 aromatic carbocycles. The quantitative estimate of drug-likeness (QED) is 0.713. The summed E-state index contributed by atoms with van der Waals surface area (Å²) in [7, 11) is 0. The van der Waals surface area contributed by atoms with Crippen molar-refractivity contribution in [2.75, 3.05) is 13.1 Å². The zero-order valence-corrected chi connectivity index (χ0v) is 15.4. The molecule has 3 rings (SSSR count). The minimum Gasteiger partial charge on any atom is -0.479 e. The number of carboxylic acid groups (broad SMARTS) is 1. The predicted molar refractivity (Wildman–Crippen MR) is 104 cm³/mol. The fourth-order valence-electron chi connectivity index (χ4n) is 3.23. The molecular formula is C21H23N3O4. The first-order valence-electron chi connectivity index (χ1n) is 9.21. The molecule has 7 heteroatoms. The van der Waals surface area contributed by atoms with Gasteiger partial charge in [-0.05, 0) is 23.1 Å². The Balaban J connectivity index is 1.46. The Morgan fingerprint density at radius 1 is 1.00 bits per heavy atom. The lowest BCUT2D eigenvalue weighted by Crippen LogP contribution is -2.44. The van der Waals surface area contributed by atoms with E-state index >= 15 is 0 Å². The van der Waals surface area contributed by atoms with Crippen molar-refractivity contribution >= 4 is 17.9 Å². The van der Waals surface area contributed by atoms with Gasteiger partial charge in [-0.3, -0.25) is 4.79 Å². The highest BCUT2D eigenvalue weighted by Crippen LogP contribution is 2.18. The lowest BCUT2D eigenvalue weighted by atomic mass is 10.0. The van der Waals surface area contributed by atoms with Crippen molar-refractivity contribution in [1.82, 2.24) is 15.5 Å². The molecule has 0 unspecified atom stereocenters. The van der Waals surface area contributed by atoms with Crippen LogP contribution < -0.4 is 10.6 Å². The van der Waals surface area contributed by atoms with E-state index in [4.69, 9.17) is 0 Å². The average molecular weight is 381 g/mol. The van der Waals surface area contributed by atoms with Crippen molar-refractivity contribution in [3.8, 4) is 0 Å². The molecule has 1 aliphatic rings. The molecule has 1 aliphatic heterocycles. The number of carbonyl (C=O) groups is 3. The van der Waals surface area contributed by atoms with E-state index < -0.39 is 17.9 Å². The van der Waals surface area contributed by atoms with Crippen LogP contribution in [-0.4, -0.2) is 41.0 Å². The fourth-order valence-corrected chi connectivity index (χ4v) is 3.23. The second-order valence-electron chi connectivity index (χ2n) is 6.67. The first kappa shape index (κ1) is 19.4. The zero-order valence-electron chi connectivity index (χ0n) is 15.4. The molecule has 1 heterocycles. The normalized spacial score (nSPS) is 13.9. The Hall–Kier alpha value is -3.35. The van der Waals surface area contributed by atoms with Crippen molar-refractivity contribution in [2.24, 2.45) is 0 Å². The van der Waals surface area contributed by atoms with Crippen LogP contribution in [0.3, 0.4) is 0 Å². The fraction of sp³-hybridized carbons (Fsp3) is 0.286. The maximum Gasteiger partial charge on any atom is 0.330 e. The van der Waals surface area contributed by atoms with Crippen LogP contribution in [0.15, 0.2) is 54.6 Å². The Morgan fingerprint density at radius 2 is 1.68 bits per heavy atom. The van der Waals surface area contributed by atoms with E-state index in [9.17, 15) is 19.5 Å². The van der Waals surface area contributed by atoms with E-state index in [1.807, 2.05) is 18.2 Å². The Kier molecular flexibility index (Phi) is 6.26. The molecule has 3 N–H and O–H groups in total. The molecule has 2 aromatic rings. The summed E-state index contributed by atoms with van der Waals surface area (Å²) in [6.45, 7) is 1.32. The lowest BCUT2D eigenvalue weighted by Gasteiger charge is -2.29. The molecule has 0 spiro atoms. The standard InChI is InChI=1S/C21H23N3O4/c25-18(23-19(20(26)27)16-7-2-1-3-8-16)10-12-22-21(28)24-13-11-15-6-4-5-9-17(15)14-24/h1-9,19H,10-14H2,(H,22,28)(H,23,25)(H,26,27)/t19-/m0/s1. The molecule has 0 bridgehead atoms. The van der Waals surface area contributed by atoms with Crippen molar-refractivity contribution in [3.05, 3.63) is 71.3 Å². The van der Waals surface area contributed by atoms with Crippen molar-refractivity contribution < 1.29 is 19.5 Å². The van der Waals surface area contributed by atoms with Crippen molar-refractivity contribution in [3.63, 3.8) is 0 Å². The summed E-state index contributed by atoms with van der Waals surface area (Å²) in [6, 6.07) is 15.2. The van der Waals surface area contributed by atoms with E-state index in [-0.39, 0.29) is 19.0 Å². The lowest BCUT2D eigenvalue weighted by molar-refractivity contribution is -0.142. The Bertz CT molecular complexity index is 854. The van der Waals surface area contributed by atoms with Crippen LogP contribution in [0.5, 0.6) is 0 Å². The van der Waals surface area contributed by atoms with Gasteiger partial charge in [-0.15, -0.1) is 0 Å². The molecular weight excluding hydrogens is 358 g/mol. The van der Waals surface area contributed by atoms with Gasteiger partial charge in [0.05, 0.1) is 0 Å². The minimum absolute atomic E-state index is 0.00673. The van der Waals surface area contributed by atoms with Crippen LogP contribution in [0.2, 0.25) is 0 Å². The number of urea groups is 1. The van der Waals surface area contributed by atoms with Crippen LogP contribution in [0.25, 0.3) is 0 Å². The Labute approximate surface area is 163 Å². The summed E-state index contributed by atoms with van der Waals surface area (Å²) in [5.41, 5.74) is 2.89. The molecule has 0 saturated carbocycles. The molecule has 7 nitrogen and oxygen atoms in total. The summed E-state index contributed by atoms with van der Waals surface area (Å²) in [5.74, 6) is -1.56. The third kappa shape index (κ3) is 4.88. The SMILES string of the molecule is O=C(CCNC(=O)N1CCc2ccccc2C1)N[C@H](C(=O)O)c1ccccc1. The number of benzene rings is 2. The zero-order chi connectivity index (χ0) is 19.9. The van der Waals surface area contributed by atoms with E-state index in [2.05, 4.69) is 16.7 Å². The molecule has 3 amide bonds. The number of nitrogens with zero attached hydrogens (tertiary/aromatic N) is 1. The van der Waals surface area contributed by atoms with Gasteiger partial charge < -0.3 is 20.6 Å². The monoisotopic (exact) mass is 381 g/mol. The van der Waals surface area contributed by atoms with E-state index in [0.717, 1.165) is 12.0 Å². The largest absolute Gasteiger partial charge is 0.479 e. The topological polar surface area (TPSA) is 98.7 Å². The highest BCUT2D eigenvalue weighted by atomic mass is 16.4. The number of hydrogen-bond donors (Lipinski definition) is 3. The number of aliphatic carboxylic acids is 1. The molecule has 1 atom stereocenters. The molecule has 0 aromatic heterocycles. The van der Waals surface area contributed by atoms with Gasteiger partial charge in [0.2, 0.25) is 5.91 Å². The Morgan fingerprint density at radius 3 is 2.39 bits per heavy atom.